The minimum absolute atomic E-state index is 0.153. The predicted molar refractivity (Wildman–Crippen MR) is 69.7 cm³/mol. The highest BCUT2D eigenvalue weighted by Crippen LogP contribution is 2.11. The SMILES string of the molecule is CNC(=O)C1CNCCN1C(=O)c1cc(C)nn1C. The van der Waals surface area contributed by atoms with Gasteiger partial charge in [0.2, 0.25) is 5.91 Å². The molecule has 1 atom stereocenters. The first-order valence-electron chi connectivity index (χ1n) is 6.28. The normalized spacial score (nSPS) is 19.3. The van der Waals surface area contributed by atoms with E-state index in [0.29, 0.717) is 25.3 Å². The lowest BCUT2D eigenvalue weighted by Crippen LogP contribution is -2.59. The fraction of sp³-hybridized carbons (Fsp3) is 0.583. The Morgan fingerprint density at radius 3 is 2.84 bits per heavy atom. The van der Waals surface area contributed by atoms with Crippen molar-refractivity contribution in [3.63, 3.8) is 0 Å². The molecular weight excluding hydrogens is 246 g/mol. The van der Waals surface area contributed by atoms with Crippen molar-refractivity contribution in [2.45, 2.75) is 13.0 Å². The van der Waals surface area contributed by atoms with Gasteiger partial charge in [-0.1, -0.05) is 0 Å². The van der Waals surface area contributed by atoms with E-state index in [-0.39, 0.29) is 11.8 Å². The van der Waals surface area contributed by atoms with E-state index in [0.717, 1.165) is 5.69 Å². The number of likely N-dealkylation sites (N-methyl/N-ethyl adjacent to an activating group) is 1. The number of carbonyl (C=O) groups excluding carboxylic acids is 2. The van der Waals surface area contributed by atoms with Crippen LogP contribution in [-0.2, 0) is 11.8 Å². The van der Waals surface area contributed by atoms with E-state index in [2.05, 4.69) is 15.7 Å². The third-order valence-corrected chi connectivity index (χ3v) is 3.27. The van der Waals surface area contributed by atoms with E-state index in [9.17, 15) is 9.59 Å². The average Bonchev–Trinajstić information content (AvgIpc) is 2.76. The van der Waals surface area contributed by atoms with E-state index in [4.69, 9.17) is 0 Å². The molecule has 2 heterocycles. The predicted octanol–water partition coefficient (Wildman–Crippen LogP) is -1.11. The van der Waals surface area contributed by atoms with E-state index in [1.807, 2.05) is 6.92 Å². The molecule has 104 valence electrons. The second-order valence-electron chi connectivity index (χ2n) is 4.63. The van der Waals surface area contributed by atoms with Gasteiger partial charge in [-0.3, -0.25) is 14.3 Å². The van der Waals surface area contributed by atoms with Crippen LogP contribution in [0, 0.1) is 6.92 Å². The highest BCUT2D eigenvalue weighted by atomic mass is 16.2. The lowest BCUT2D eigenvalue weighted by Gasteiger charge is -2.34. The lowest BCUT2D eigenvalue weighted by molar-refractivity contribution is -0.125. The molecule has 2 amide bonds. The maximum absolute atomic E-state index is 12.5. The number of carbonyl (C=O) groups is 2. The molecule has 1 unspecified atom stereocenters. The number of aryl methyl sites for hydroxylation is 2. The van der Waals surface area contributed by atoms with Gasteiger partial charge in [-0.05, 0) is 13.0 Å². The Balaban J connectivity index is 2.25. The molecule has 0 spiro atoms. The number of amides is 2. The van der Waals surface area contributed by atoms with Gasteiger partial charge < -0.3 is 15.5 Å². The smallest absolute Gasteiger partial charge is 0.272 e. The van der Waals surface area contributed by atoms with Crippen LogP contribution in [-0.4, -0.2) is 59.2 Å². The summed E-state index contributed by atoms with van der Waals surface area (Å²) in [6, 6.07) is 1.27. The van der Waals surface area contributed by atoms with Crippen molar-refractivity contribution in [3.8, 4) is 0 Å². The summed E-state index contributed by atoms with van der Waals surface area (Å²) in [6.07, 6.45) is 0. The summed E-state index contributed by atoms with van der Waals surface area (Å²) < 4.78 is 1.56. The zero-order valence-electron chi connectivity index (χ0n) is 11.4. The first-order chi connectivity index (χ1) is 9.04. The maximum Gasteiger partial charge on any atom is 0.272 e. The van der Waals surface area contributed by atoms with Crippen molar-refractivity contribution in [2.24, 2.45) is 7.05 Å². The number of rotatable bonds is 2. The number of nitrogens with one attached hydrogen (secondary N) is 2. The van der Waals surface area contributed by atoms with Gasteiger partial charge in [0, 0.05) is 33.7 Å². The van der Waals surface area contributed by atoms with E-state index >= 15 is 0 Å². The second-order valence-corrected chi connectivity index (χ2v) is 4.63. The number of hydrogen-bond donors (Lipinski definition) is 2. The molecule has 2 N–H and O–H groups in total. The molecule has 0 bridgehead atoms. The lowest BCUT2D eigenvalue weighted by atomic mass is 10.1. The Kier molecular flexibility index (Phi) is 3.84. The summed E-state index contributed by atoms with van der Waals surface area (Å²) in [4.78, 5) is 26.0. The number of hydrogen-bond acceptors (Lipinski definition) is 4. The van der Waals surface area contributed by atoms with Crippen LogP contribution >= 0.6 is 0 Å². The molecule has 1 aliphatic heterocycles. The van der Waals surface area contributed by atoms with Crippen LogP contribution in [0.5, 0.6) is 0 Å². The molecule has 1 aromatic heterocycles. The summed E-state index contributed by atoms with van der Waals surface area (Å²) in [5.74, 6) is -0.308. The van der Waals surface area contributed by atoms with Gasteiger partial charge in [0.05, 0.1) is 5.69 Å². The Hall–Kier alpha value is -1.89. The summed E-state index contributed by atoms with van der Waals surface area (Å²) in [5, 5.41) is 9.89. The molecule has 1 aromatic rings. The fourth-order valence-electron chi connectivity index (χ4n) is 2.31. The Labute approximate surface area is 111 Å². The molecule has 1 fully saturated rings. The van der Waals surface area contributed by atoms with Gasteiger partial charge in [0.15, 0.2) is 0 Å². The van der Waals surface area contributed by atoms with Crippen LogP contribution in [0.15, 0.2) is 6.07 Å². The molecule has 0 aromatic carbocycles. The van der Waals surface area contributed by atoms with Gasteiger partial charge in [0.25, 0.3) is 5.91 Å². The molecular formula is C12H19N5O2. The maximum atomic E-state index is 12.5. The Morgan fingerprint density at radius 2 is 2.26 bits per heavy atom. The van der Waals surface area contributed by atoms with Crippen molar-refractivity contribution in [1.82, 2.24) is 25.3 Å². The van der Waals surface area contributed by atoms with E-state index in [1.165, 1.54) is 0 Å². The van der Waals surface area contributed by atoms with Crippen LogP contribution < -0.4 is 10.6 Å². The van der Waals surface area contributed by atoms with Crippen LogP contribution in [0.3, 0.4) is 0 Å². The van der Waals surface area contributed by atoms with Gasteiger partial charge in [0.1, 0.15) is 11.7 Å². The molecule has 2 rings (SSSR count). The average molecular weight is 265 g/mol. The summed E-state index contributed by atoms with van der Waals surface area (Å²) in [7, 11) is 3.31. The van der Waals surface area contributed by atoms with Gasteiger partial charge in [-0.15, -0.1) is 0 Å². The highest BCUT2D eigenvalue weighted by Gasteiger charge is 2.33. The second kappa shape index (κ2) is 5.40. The highest BCUT2D eigenvalue weighted by molar-refractivity contribution is 5.96. The number of aromatic nitrogens is 2. The molecule has 0 radical (unpaired) electrons. The summed E-state index contributed by atoms with van der Waals surface area (Å²) in [5.41, 5.74) is 1.30. The molecule has 7 nitrogen and oxygen atoms in total. The Bertz CT molecular complexity index is 496. The molecule has 19 heavy (non-hydrogen) atoms. The van der Waals surface area contributed by atoms with Crippen molar-refractivity contribution < 1.29 is 9.59 Å². The standard InChI is InChI=1S/C12H19N5O2/c1-8-6-9(16(3)15-8)12(19)17-5-4-14-7-10(17)11(18)13-2/h6,10,14H,4-5,7H2,1-3H3,(H,13,18). The summed E-state index contributed by atoms with van der Waals surface area (Å²) >= 11 is 0. The number of piperazine rings is 1. The monoisotopic (exact) mass is 265 g/mol. The summed E-state index contributed by atoms with van der Waals surface area (Å²) in [6.45, 7) is 3.52. The quantitative estimate of drug-likeness (QED) is 0.710. The van der Waals surface area contributed by atoms with Crippen molar-refractivity contribution in [1.29, 1.82) is 0 Å². The first kappa shape index (κ1) is 13.5. The topological polar surface area (TPSA) is 79.3 Å². The van der Waals surface area contributed by atoms with Gasteiger partial charge in [-0.2, -0.15) is 5.10 Å². The van der Waals surface area contributed by atoms with Crippen LogP contribution in [0.4, 0.5) is 0 Å². The number of nitrogens with zero attached hydrogens (tertiary/aromatic N) is 3. The molecule has 1 aliphatic rings. The minimum Gasteiger partial charge on any atom is -0.357 e. The molecule has 7 heteroatoms. The molecule has 0 saturated carbocycles. The van der Waals surface area contributed by atoms with Gasteiger partial charge >= 0.3 is 0 Å². The van der Waals surface area contributed by atoms with E-state index in [1.54, 1.807) is 29.7 Å². The first-order valence-corrected chi connectivity index (χ1v) is 6.28. The third kappa shape index (κ3) is 2.60. The molecule has 1 saturated heterocycles. The van der Waals surface area contributed by atoms with E-state index < -0.39 is 6.04 Å². The minimum atomic E-state index is -0.471. The van der Waals surface area contributed by atoms with Crippen LogP contribution in [0.1, 0.15) is 16.2 Å². The molecule has 0 aliphatic carbocycles. The van der Waals surface area contributed by atoms with Crippen LogP contribution in [0.25, 0.3) is 0 Å². The van der Waals surface area contributed by atoms with Crippen molar-refractivity contribution in [3.05, 3.63) is 17.5 Å². The zero-order chi connectivity index (χ0) is 14.0. The largest absolute Gasteiger partial charge is 0.357 e. The zero-order valence-corrected chi connectivity index (χ0v) is 11.4. The fourth-order valence-corrected chi connectivity index (χ4v) is 2.31. The van der Waals surface area contributed by atoms with Crippen LogP contribution in [0.2, 0.25) is 0 Å². The Morgan fingerprint density at radius 1 is 1.53 bits per heavy atom. The van der Waals surface area contributed by atoms with Crippen molar-refractivity contribution >= 4 is 11.8 Å². The van der Waals surface area contributed by atoms with Gasteiger partial charge in [-0.25, -0.2) is 0 Å². The van der Waals surface area contributed by atoms with Crippen molar-refractivity contribution in [2.75, 3.05) is 26.7 Å². The third-order valence-electron chi connectivity index (χ3n) is 3.27.